The van der Waals surface area contributed by atoms with Gasteiger partial charge in [0.1, 0.15) is 5.92 Å². The Hall–Kier alpha value is -0.910. The first-order valence-electron chi connectivity index (χ1n) is 6.57. The van der Waals surface area contributed by atoms with Gasteiger partial charge in [0.25, 0.3) is 0 Å². The lowest BCUT2D eigenvalue weighted by atomic mass is 9.79. The maximum absolute atomic E-state index is 12.5. The zero-order chi connectivity index (χ0) is 14.6. The Kier molecular flexibility index (Phi) is 5.52. The third-order valence-corrected chi connectivity index (χ3v) is 4.40. The van der Waals surface area contributed by atoms with Crippen LogP contribution in [0.25, 0.3) is 0 Å². The third-order valence-electron chi connectivity index (χ3n) is 3.12. The lowest BCUT2D eigenvalue weighted by molar-refractivity contribution is -0.160. The Labute approximate surface area is 117 Å². The monoisotopic (exact) mass is 289 g/mol. The molecule has 0 aromatic carbocycles. The van der Waals surface area contributed by atoms with Crippen LogP contribution in [0.15, 0.2) is 0 Å². The SMILES string of the molecule is CCOC(=O)C(C(=O)N1CCS(=O)CC1)C(C)(C)C. The normalized spacial score (nSPS) is 19.1. The maximum atomic E-state index is 12.5. The zero-order valence-electron chi connectivity index (χ0n) is 12.1. The summed E-state index contributed by atoms with van der Waals surface area (Å²) in [5.41, 5.74) is -0.486. The average Bonchev–Trinajstić information content (AvgIpc) is 2.28. The first-order valence-corrected chi connectivity index (χ1v) is 8.06. The molecule has 110 valence electrons. The summed E-state index contributed by atoms with van der Waals surface area (Å²) in [4.78, 5) is 26.1. The van der Waals surface area contributed by atoms with Crippen LogP contribution in [0.1, 0.15) is 27.7 Å². The smallest absolute Gasteiger partial charge is 0.319 e. The number of hydrogen-bond acceptors (Lipinski definition) is 4. The summed E-state index contributed by atoms with van der Waals surface area (Å²) in [6, 6.07) is 0. The summed E-state index contributed by atoms with van der Waals surface area (Å²) in [6.07, 6.45) is 0. The molecule has 1 aliphatic rings. The van der Waals surface area contributed by atoms with Crippen LogP contribution < -0.4 is 0 Å². The van der Waals surface area contributed by atoms with Gasteiger partial charge in [-0.3, -0.25) is 13.8 Å². The fraction of sp³-hybridized carbons (Fsp3) is 0.846. The van der Waals surface area contributed by atoms with Gasteiger partial charge in [-0.2, -0.15) is 0 Å². The highest BCUT2D eigenvalue weighted by molar-refractivity contribution is 7.85. The molecule has 1 rings (SSSR count). The topological polar surface area (TPSA) is 63.7 Å². The first-order chi connectivity index (χ1) is 8.77. The van der Waals surface area contributed by atoms with E-state index in [0.717, 1.165) is 0 Å². The van der Waals surface area contributed by atoms with Crippen LogP contribution in [-0.2, 0) is 25.1 Å². The summed E-state index contributed by atoms with van der Waals surface area (Å²) in [6.45, 7) is 8.47. The van der Waals surface area contributed by atoms with Gasteiger partial charge in [-0.1, -0.05) is 20.8 Å². The van der Waals surface area contributed by atoms with Gasteiger partial charge in [0.05, 0.1) is 6.61 Å². The van der Waals surface area contributed by atoms with Gasteiger partial charge in [0.2, 0.25) is 5.91 Å². The minimum absolute atomic E-state index is 0.206. The van der Waals surface area contributed by atoms with E-state index in [2.05, 4.69) is 0 Å². The van der Waals surface area contributed by atoms with E-state index in [-0.39, 0.29) is 12.5 Å². The molecule has 0 radical (unpaired) electrons. The van der Waals surface area contributed by atoms with Gasteiger partial charge in [-0.25, -0.2) is 0 Å². The van der Waals surface area contributed by atoms with Crippen molar-refractivity contribution in [3.63, 3.8) is 0 Å². The van der Waals surface area contributed by atoms with Gasteiger partial charge in [-0.15, -0.1) is 0 Å². The van der Waals surface area contributed by atoms with E-state index >= 15 is 0 Å². The molecule has 0 bridgehead atoms. The molecule has 1 atom stereocenters. The number of hydrogen-bond donors (Lipinski definition) is 0. The van der Waals surface area contributed by atoms with Crippen LogP contribution in [0.4, 0.5) is 0 Å². The lowest BCUT2D eigenvalue weighted by Gasteiger charge is -2.34. The van der Waals surface area contributed by atoms with Gasteiger partial charge >= 0.3 is 5.97 Å². The van der Waals surface area contributed by atoms with Gasteiger partial charge in [0, 0.05) is 35.4 Å². The maximum Gasteiger partial charge on any atom is 0.319 e. The second-order valence-electron chi connectivity index (χ2n) is 5.72. The minimum atomic E-state index is -0.836. The van der Waals surface area contributed by atoms with Crippen LogP contribution >= 0.6 is 0 Å². The van der Waals surface area contributed by atoms with Crippen molar-refractivity contribution in [3.05, 3.63) is 0 Å². The average molecular weight is 289 g/mol. The van der Waals surface area contributed by atoms with E-state index in [9.17, 15) is 13.8 Å². The highest BCUT2D eigenvalue weighted by atomic mass is 32.2. The van der Waals surface area contributed by atoms with Crippen molar-refractivity contribution in [1.82, 2.24) is 4.90 Å². The number of rotatable bonds is 3. The summed E-state index contributed by atoms with van der Waals surface area (Å²) in [7, 11) is -0.836. The van der Waals surface area contributed by atoms with Gasteiger partial charge in [-0.05, 0) is 12.3 Å². The zero-order valence-corrected chi connectivity index (χ0v) is 12.9. The minimum Gasteiger partial charge on any atom is -0.465 e. The molecule has 1 amide bonds. The quantitative estimate of drug-likeness (QED) is 0.569. The third kappa shape index (κ3) is 4.30. The van der Waals surface area contributed by atoms with Crippen molar-refractivity contribution < 1.29 is 18.5 Å². The molecule has 0 N–H and O–H groups in total. The van der Waals surface area contributed by atoms with Gasteiger partial charge < -0.3 is 9.64 Å². The summed E-state index contributed by atoms with van der Waals surface area (Å²) >= 11 is 0. The molecule has 0 saturated carbocycles. The molecule has 5 nitrogen and oxygen atoms in total. The second-order valence-corrected chi connectivity index (χ2v) is 7.42. The van der Waals surface area contributed by atoms with E-state index in [4.69, 9.17) is 4.74 Å². The molecule has 0 aromatic heterocycles. The molecule has 0 aliphatic carbocycles. The standard InChI is InChI=1S/C13H23NO4S/c1-5-18-12(16)10(13(2,3)4)11(15)14-6-8-19(17)9-7-14/h10H,5-9H2,1-4H3. The predicted octanol–water partition coefficient (Wildman–Crippen LogP) is 0.803. The fourth-order valence-corrected chi connectivity index (χ4v) is 3.14. The summed E-state index contributed by atoms with van der Waals surface area (Å²) in [5.74, 6) is -0.482. The summed E-state index contributed by atoms with van der Waals surface area (Å²) < 4.78 is 16.3. The van der Waals surface area contributed by atoms with Crippen molar-refractivity contribution in [2.45, 2.75) is 27.7 Å². The van der Waals surface area contributed by atoms with Crippen molar-refractivity contribution in [3.8, 4) is 0 Å². The van der Waals surface area contributed by atoms with E-state index < -0.39 is 28.1 Å². The molecular weight excluding hydrogens is 266 g/mol. The Morgan fingerprint density at radius 2 is 1.79 bits per heavy atom. The van der Waals surface area contributed by atoms with Crippen molar-refractivity contribution >= 4 is 22.7 Å². The molecule has 0 aromatic rings. The molecule has 0 spiro atoms. The van der Waals surface area contributed by atoms with Crippen molar-refractivity contribution in [1.29, 1.82) is 0 Å². The number of carbonyl (C=O) groups excluding carboxylic acids is 2. The molecule has 1 heterocycles. The predicted molar refractivity (Wildman–Crippen MR) is 74.0 cm³/mol. The van der Waals surface area contributed by atoms with Crippen molar-refractivity contribution in [2.75, 3.05) is 31.2 Å². The highest BCUT2D eigenvalue weighted by Crippen LogP contribution is 2.29. The van der Waals surface area contributed by atoms with Crippen LogP contribution in [0.5, 0.6) is 0 Å². The number of ether oxygens (including phenoxy) is 1. The number of amides is 1. The molecule has 19 heavy (non-hydrogen) atoms. The Morgan fingerprint density at radius 1 is 1.26 bits per heavy atom. The van der Waals surface area contributed by atoms with Crippen LogP contribution in [-0.4, -0.2) is 52.2 Å². The molecule has 6 heteroatoms. The number of esters is 1. The van der Waals surface area contributed by atoms with E-state index in [1.54, 1.807) is 11.8 Å². The first kappa shape index (κ1) is 16.1. The van der Waals surface area contributed by atoms with Crippen LogP contribution in [0.3, 0.4) is 0 Å². The Bertz CT molecular complexity index is 365. The Morgan fingerprint density at radius 3 is 2.21 bits per heavy atom. The van der Waals surface area contributed by atoms with Crippen LogP contribution in [0, 0.1) is 11.3 Å². The molecule has 1 unspecified atom stereocenters. The lowest BCUT2D eigenvalue weighted by Crippen LogP contribution is -2.50. The number of nitrogens with zero attached hydrogens (tertiary/aromatic N) is 1. The second kappa shape index (κ2) is 6.50. The van der Waals surface area contributed by atoms with E-state index in [1.807, 2.05) is 20.8 Å². The van der Waals surface area contributed by atoms with E-state index in [1.165, 1.54) is 0 Å². The molecular formula is C13H23NO4S. The molecule has 1 aliphatic heterocycles. The molecule has 1 saturated heterocycles. The highest BCUT2D eigenvalue weighted by Gasteiger charge is 2.41. The largest absolute Gasteiger partial charge is 0.465 e. The van der Waals surface area contributed by atoms with Crippen molar-refractivity contribution in [2.24, 2.45) is 11.3 Å². The fourth-order valence-electron chi connectivity index (χ4n) is 2.09. The Balaban J connectivity index is 2.83. The van der Waals surface area contributed by atoms with Gasteiger partial charge in [0.15, 0.2) is 0 Å². The number of carbonyl (C=O) groups is 2. The summed E-state index contributed by atoms with van der Waals surface area (Å²) in [5, 5.41) is 0. The molecule has 1 fully saturated rings. The van der Waals surface area contributed by atoms with E-state index in [0.29, 0.717) is 24.6 Å². The van der Waals surface area contributed by atoms with Crippen LogP contribution in [0.2, 0.25) is 0 Å².